The van der Waals surface area contributed by atoms with Crippen LogP contribution < -0.4 is 10.8 Å². The van der Waals surface area contributed by atoms with Crippen molar-refractivity contribution in [2.24, 2.45) is 5.73 Å². The van der Waals surface area contributed by atoms with E-state index in [2.05, 4.69) is 0 Å². The molecule has 0 aliphatic carbocycles. The highest BCUT2D eigenvalue weighted by Gasteiger charge is 2.35. The van der Waals surface area contributed by atoms with Crippen LogP contribution in [0.3, 0.4) is 0 Å². The van der Waals surface area contributed by atoms with Gasteiger partial charge in [0.25, 0.3) is 5.91 Å². The van der Waals surface area contributed by atoms with Crippen molar-refractivity contribution in [3.05, 3.63) is 29.3 Å². The summed E-state index contributed by atoms with van der Waals surface area (Å²) >= 11 is 0. The van der Waals surface area contributed by atoms with Crippen molar-refractivity contribution in [2.45, 2.75) is 18.6 Å². The second kappa shape index (κ2) is 3.71. The zero-order valence-corrected chi connectivity index (χ0v) is 8.53. The molecule has 1 aliphatic heterocycles. The van der Waals surface area contributed by atoms with Gasteiger partial charge in [0.05, 0.1) is 17.3 Å². The molecular weight excluding hydrogens is 237 g/mol. The van der Waals surface area contributed by atoms with E-state index >= 15 is 0 Å². The van der Waals surface area contributed by atoms with Crippen LogP contribution in [-0.2, 0) is 17.4 Å². The fourth-order valence-corrected chi connectivity index (χ4v) is 1.71. The number of nitrogens with zero attached hydrogens (tertiary/aromatic N) is 1. The molecule has 0 saturated heterocycles. The van der Waals surface area contributed by atoms with Gasteiger partial charge < -0.3 is 5.73 Å². The highest BCUT2D eigenvalue weighted by atomic mass is 19.4. The predicted octanol–water partition coefficient (Wildman–Crippen LogP) is 1.31. The molecule has 1 aromatic carbocycles. The second-order valence-electron chi connectivity index (χ2n) is 3.80. The number of hydrogen-bond donors (Lipinski definition) is 2. The average Bonchev–Trinajstić information content (AvgIpc) is 2.24. The maximum atomic E-state index is 12.4. The summed E-state index contributed by atoms with van der Waals surface area (Å²) in [5.74, 6) is -0.808. The lowest BCUT2D eigenvalue weighted by Gasteiger charge is -2.28. The van der Waals surface area contributed by atoms with Crippen LogP contribution in [0.1, 0.15) is 11.1 Å². The number of rotatable bonds is 0. The lowest BCUT2D eigenvalue weighted by molar-refractivity contribution is -0.137. The Morgan fingerprint density at radius 1 is 1.41 bits per heavy atom. The molecule has 1 amide bonds. The Morgan fingerprint density at radius 3 is 2.65 bits per heavy atom. The highest BCUT2D eigenvalue weighted by molar-refractivity contribution is 5.98. The van der Waals surface area contributed by atoms with Crippen molar-refractivity contribution in [1.29, 1.82) is 0 Å². The third kappa shape index (κ3) is 1.98. The summed E-state index contributed by atoms with van der Waals surface area (Å²) in [5, 5.41) is 9.61. The SMILES string of the molecule is N[C@H]1Cc2ccc(C(F)(F)F)cc2N(O)C1=O. The van der Waals surface area contributed by atoms with Gasteiger partial charge in [-0.25, -0.2) is 0 Å². The lowest BCUT2D eigenvalue weighted by atomic mass is 9.97. The number of alkyl halides is 3. The Hall–Kier alpha value is -1.60. The summed E-state index contributed by atoms with van der Waals surface area (Å²) < 4.78 is 37.3. The van der Waals surface area contributed by atoms with Crippen LogP contribution in [0, 0.1) is 0 Å². The first-order valence-corrected chi connectivity index (χ1v) is 4.79. The first-order valence-electron chi connectivity index (χ1n) is 4.79. The highest BCUT2D eigenvalue weighted by Crippen LogP contribution is 2.35. The summed E-state index contributed by atoms with van der Waals surface area (Å²) in [5.41, 5.74) is 4.77. The molecule has 3 N–H and O–H groups in total. The van der Waals surface area contributed by atoms with E-state index in [0.717, 1.165) is 12.1 Å². The maximum Gasteiger partial charge on any atom is 0.416 e. The van der Waals surface area contributed by atoms with Crippen LogP contribution in [0.2, 0.25) is 0 Å². The van der Waals surface area contributed by atoms with E-state index in [9.17, 15) is 23.2 Å². The molecule has 0 radical (unpaired) electrons. The topological polar surface area (TPSA) is 66.6 Å². The average molecular weight is 246 g/mol. The molecule has 0 fully saturated rings. The molecule has 1 heterocycles. The monoisotopic (exact) mass is 246 g/mol. The van der Waals surface area contributed by atoms with Gasteiger partial charge >= 0.3 is 6.18 Å². The molecule has 0 aromatic heterocycles. The smallest absolute Gasteiger partial charge is 0.320 e. The Morgan fingerprint density at radius 2 is 2.06 bits per heavy atom. The summed E-state index contributed by atoms with van der Waals surface area (Å²) in [4.78, 5) is 11.3. The van der Waals surface area contributed by atoms with E-state index in [1.807, 2.05) is 0 Å². The van der Waals surface area contributed by atoms with Crippen molar-refractivity contribution < 1.29 is 23.2 Å². The van der Waals surface area contributed by atoms with E-state index in [-0.39, 0.29) is 17.2 Å². The van der Waals surface area contributed by atoms with E-state index in [4.69, 9.17) is 5.73 Å². The quantitative estimate of drug-likeness (QED) is 0.678. The third-order valence-electron chi connectivity index (χ3n) is 2.61. The van der Waals surface area contributed by atoms with Crippen molar-refractivity contribution >= 4 is 11.6 Å². The second-order valence-corrected chi connectivity index (χ2v) is 3.80. The molecule has 1 aliphatic rings. The third-order valence-corrected chi connectivity index (χ3v) is 2.61. The Labute approximate surface area is 94.4 Å². The fourth-order valence-electron chi connectivity index (χ4n) is 1.71. The van der Waals surface area contributed by atoms with Gasteiger partial charge in [0.2, 0.25) is 0 Å². The molecule has 1 atom stereocenters. The van der Waals surface area contributed by atoms with Gasteiger partial charge in [-0.3, -0.25) is 10.0 Å². The number of benzene rings is 1. The van der Waals surface area contributed by atoms with Crippen molar-refractivity contribution in [2.75, 3.05) is 5.06 Å². The van der Waals surface area contributed by atoms with Crippen molar-refractivity contribution in [3.8, 4) is 0 Å². The zero-order valence-electron chi connectivity index (χ0n) is 8.53. The van der Waals surface area contributed by atoms with E-state index in [1.54, 1.807) is 0 Å². The summed E-state index contributed by atoms with van der Waals surface area (Å²) in [6.07, 6.45) is -4.40. The number of halogens is 3. The zero-order chi connectivity index (χ0) is 12.8. The first-order chi connectivity index (χ1) is 7.80. The molecule has 0 saturated carbocycles. The number of fused-ring (bicyclic) bond motifs is 1. The molecule has 92 valence electrons. The summed E-state index contributed by atoms with van der Waals surface area (Å²) in [6, 6.07) is 1.92. The number of carbonyl (C=O) groups excluding carboxylic acids is 1. The van der Waals surface area contributed by atoms with Gasteiger partial charge in [-0.1, -0.05) is 6.07 Å². The van der Waals surface area contributed by atoms with Gasteiger partial charge in [0.15, 0.2) is 0 Å². The summed E-state index contributed by atoms with van der Waals surface area (Å²) in [7, 11) is 0. The number of nitrogens with two attached hydrogens (primary N) is 1. The minimum Gasteiger partial charge on any atom is -0.320 e. The van der Waals surface area contributed by atoms with Crippen molar-refractivity contribution in [3.63, 3.8) is 0 Å². The minimum atomic E-state index is -4.52. The maximum absolute atomic E-state index is 12.4. The molecule has 17 heavy (non-hydrogen) atoms. The fraction of sp³-hybridized carbons (Fsp3) is 0.300. The van der Waals surface area contributed by atoms with Crippen LogP contribution >= 0.6 is 0 Å². The minimum absolute atomic E-state index is 0.114. The number of carbonyl (C=O) groups is 1. The van der Waals surface area contributed by atoms with E-state index in [1.165, 1.54) is 6.07 Å². The van der Waals surface area contributed by atoms with Gasteiger partial charge in [-0.15, -0.1) is 0 Å². The number of hydroxylamine groups is 1. The van der Waals surface area contributed by atoms with E-state index < -0.39 is 23.7 Å². The molecular formula is C10H9F3N2O2. The van der Waals surface area contributed by atoms with E-state index in [0.29, 0.717) is 5.56 Å². The van der Waals surface area contributed by atoms with Gasteiger partial charge in [-0.2, -0.15) is 18.2 Å². The molecule has 4 nitrogen and oxygen atoms in total. The largest absolute Gasteiger partial charge is 0.416 e. The van der Waals surface area contributed by atoms with Gasteiger partial charge in [0, 0.05) is 0 Å². The Bertz CT molecular complexity index is 473. The molecule has 0 unspecified atom stereocenters. The summed E-state index contributed by atoms with van der Waals surface area (Å²) in [6.45, 7) is 0. The Kier molecular flexibility index (Phi) is 2.59. The van der Waals surface area contributed by atoms with Crippen LogP contribution in [0.4, 0.5) is 18.9 Å². The number of anilines is 1. The lowest BCUT2D eigenvalue weighted by Crippen LogP contribution is -2.47. The van der Waals surface area contributed by atoms with Crippen LogP contribution in [0.15, 0.2) is 18.2 Å². The molecule has 7 heteroatoms. The van der Waals surface area contributed by atoms with Crippen molar-refractivity contribution in [1.82, 2.24) is 0 Å². The van der Waals surface area contributed by atoms with Gasteiger partial charge in [-0.05, 0) is 24.1 Å². The number of hydrogen-bond acceptors (Lipinski definition) is 3. The molecule has 0 spiro atoms. The molecule has 2 rings (SSSR count). The van der Waals surface area contributed by atoms with Crippen LogP contribution in [0.25, 0.3) is 0 Å². The predicted molar refractivity (Wildman–Crippen MR) is 52.4 cm³/mol. The standard InChI is InChI=1S/C10H9F3N2O2/c11-10(12,13)6-2-1-5-3-7(14)9(16)15(17)8(5)4-6/h1-2,4,7,17H,3,14H2/t7-/m0/s1. The molecule has 0 bridgehead atoms. The first kappa shape index (κ1) is 11.9. The van der Waals surface area contributed by atoms with Gasteiger partial charge in [0.1, 0.15) is 0 Å². The normalized spacial score (nSPS) is 20.4. The van der Waals surface area contributed by atoms with Crippen LogP contribution in [0.5, 0.6) is 0 Å². The molecule has 1 aromatic rings. The Balaban J connectivity index is 2.49. The van der Waals surface area contributed by atoms with Crippen LogP contribution in [-0.4, -0.2) is 17.2 Å². The number of amides is 1.